The fourth-order valence-electron chi connectivity index (χ4n) is 2.50. The smallest absolute Gasteiger partial charge is 0.393 e. The summed E-state index contributed by atoms with van der Waals surface area (Å²) in [5.74, 6) is -2.62. The molecule has 0 radical (unpaired) electrons. The molecule has 7 heteroatoms. The van der Waals surface area contributed by atoms with Crippen LogP contribution in [0.2, 0.25) is 0 Å². The fourth-order valence-corrected chi connectivity index (χ4v) is 2.50. The number of amides is 1. The largest absolute Gasteiger partial charge is 0.419 e. The van der Waals surface area contributed by atoms with Gasteiger partial charge >= 0.3 is 6.18 Å². The lowest BCUT2D eigenvalue weighted by Gasteiger charge is -2.16. The highest BCUT2D eigenvalue weighted by molar-refractivity contribution is 5.94. The van der Waals surface area contributed by atoms with Gasteiger partial charge in [0.05, 0.1) is 17.2 Å². The summed E-state index contributed by atoms with van der Waals surface area (Å²) in [7, 11) is 0. The van der Waals surface area contributed by atoms with Crippen molar-refractivity contribution in [2.45, 2.75) is 31.5 Å². The summed E-state index contributed by atoms with van der Waals surface area (Å²) in [6, 6.07) is 2.59. The number of benzene rings is 1. The summed E-state index contributed by atoms with van der Waals surface area (Å²) in [5.41, 5.74) is -2.10. The molecule has 1 amide bonds. The number of carbonyl (C=O) groups is 1. The van der Waals surface area contributed by atoms with E-state index in [1.165, 1.54) is 0 Å². The minimum absolute atomic E-state index is 0.121. The number of carbonyl (C=O) groups excluding carboxylic acids is 1. The SMILES string of the molecule is O=C(NCC1CCCC1O)c1cccc(C(F)(F)F)c1F. The van der Waals surface area contributed by atoms with Crippen molar-refractivity contribution >= 4 is 5.91 Å². The Balaban J connectivity index is 2.09. The fraction of sp³-hybridized carbons (Fsp3) is 0.500. The number of nitrogens with one attached hydrogen (secondary N) is 1. The number of rotatable bonds is 3. The van der Waals surface area contributed by atoms with E-state index >= 15 is 0 Å². The maximum Gasteiger partial charge on any atom is 0.419 e. The monoisotopic (exact) mass is 305 g/mol. The summed E-state index contributed by atoms with van der Waals surface area (Å²) < 4.78 is 51.5. The average molecular weight is 305 g/mol. The Labute approximate surface area is 119 Å². The topological polar surface area (TPSA) is 49.3 Å². The van der Waals surface area contributed by atoms with E-state index in [9.17, 15) is 27.5 Å². The highest BCUT2D eigenvalue weighted by Gasteiger charge is 2.35. The van der Waals surface area contributed by atoms with Gasteiger partial charge in [0.25, 0.3) is 5.91 Å². The van der Waals surface area contributed by atoms with Crippen LogP contribution in [0, 0.1) is 11.7 Å². The quantitative estimate of drug-likeness (QED) is 0.844. The van der Waals surface area contributed by atoms with Crippen molar-refractivity contribution in [2.24, 2.45) is 5.92 Å². The van der Waals surface area contributed by atoms with Crippen LogP contribution in [-0.4, -0.2) is 23.7 Å². The van der Waals surface area contributed by atoms with Crippen molar-refractivity contribution in [3.8, 4) is 0 Å². The van der Waals surface area contributed by atoms with E-state index in [1.54, 1.807) is 0 Å². The molecular formula is C14H15F4NO2. The van der Waals surface area contributed by atoms with Gasteiger partial charge in [-0.2, -0.15) is 13.2 Å². The molecule has 2 N–H and O–H groups in total. The van der Waals surface area contributed by atoms with Crippen LogP contribution in [0.3, 0.4) is 0 Å². The van der Waals surface area contributed by atoms with E-state index in [1.807, 2.05) is 0 Å². The first-order valence-corrected chi connectivity index (χ1v) is 6.62. The lowest BCUT2D eigenvalue weighted by Crippen LogP contribution is -2.33. The lowest BCUT2D eigenvalue weighted by molar-refractivity contribution is -0.140. The molecule has 2 rings (SSSR count). The number of alkyl halides is 3. The highest BCUT2D eigenvalue weighted by Crippen LogP contribution is 2.32. The Morgan fingerprint density at radius 3 is 2.62 bits per heavy atom. The minimum atomic E-state index is -4.85. The van der Waals surface area contributed by atoms with Crippen LogP contribution < -0.4 is 5.32 Å². The summed E-state index contributed by atoms with van der Waals surface area (Å²) in [5, 5.41) is 12.0. The summed E-state index contributed by atoms with van der Waals surface area (Å²) in [6.07, 6.45) is -3.18. The van der Waals surface area contributed by atoms with E-state index < -0.39 is 35.1 Å². The summed E-state index contributed by atoms with van der Waals surface area (Å²) in [6.45, 7) is 0.121. The van der Waals surface area contributed by atoms with Gasteiger partial charge in [-0.25, -0.2) is 4.39 Å². The third-order valence-electron chi connectivity index (χ3n) is 3.69. The van der Waals surface area contributed by atoms with Crippen LogP contribution >= 0.6 is 0 Å². The van der Waals surface area contributed by atoms with Crippen molar-refractivity contribution in [1.29, 1.82) is 0 Å². The van der Waals surface area contributed by atoms with Crippen molar-refractivity contribution in [3.05, 3.63) is 35.1 Å². The zero-order valence-electron chi connectivity index (χ0n) is 11.1. The maximum atomic E-state index is 13.8. The molecule has 0 bridgehead atoms. The molecule has 2 atom stereocenters. The Bertz CT molecular complexity index is 530. The van der Waals surface area contributed by atoms with Gasteiger partial charge in [-0.15, -0.1) is 0 Å². The second-order valence-electron chi connectivity index (χ2n) is 5.13. The number of aliphatic hydroxyl groups is 1. The first kappa shape index (κ1) is 15.8. The molecule has 1 aromatic carbocycles. The van der Waals surface area contributed by atoms with Crippen LogP contribution in [0.25, 0.3) is 0 Å². The average Bonchev–Trinajstić information content (AvgIpc) is 2.80. The molecule has 0 spiro atoms. The molecule has 1 fully saturated rings. The molecule has 0 heterocycles. The molecule has 3 nitrogen and oxygen atoms in total. The standard InChI is InChI=1S/C14H15F4NO2/c15-12-9(4-2-5-10(12)14(16,17)18)13(21)19-7-8-3-1-6-11(8)20/h2,4-5,8,11,20H,1,3,6-7H2,(H,19,21). The van der Waals surface area contributed by atoms with Gasteiger partial charge in [0.15, 0.2) is 0 Å². The van der Waals surface area contributed by atoms with Crippen LogP contribution in [0.15, 0.2) is 18.2 Å². The molecular weight excluding hydrogens is 290 g/mol. The Morgan fingerprint density at radius 2 is 2.05 bits per heavy atom. The van der Waals surface area contributed by atoms with Crippen LogP contribution in [0.5, 0.6) is 0 Å². The van der Waals surface area contributed by atoms with Gasteiger partial charge in [-0.05, 0) is 25.0 Å². The second kappa shape index (κ2) is 6.01. The van der Waals surface area contributed by atoms with E-state index in [-0.39, 0.29) is 12.5 Å². The molecule has 1 aliphatic carbocycles. The number of hydrogen-bond donors (Lipinski definition) is 2. The van der Waals surface area contributed by atoms with Crippen LogP contribution in [0.4, 0.5) is 17.6 Å². The predicted molar refractivity (Wildman–Crippen MR) is 67.1 cm³/mol. The highest BCUT2D eigenvalue weighted by atomic mass is 19.4. The van der Waals surface area contributed by atoms with E-state index in [0.717, 1.165) is 25.0 Å². The summed E-state index contributed by atoms with van der Waals surface area (Å²) >= 11 is 0. The van der Waals surface area contributed by atoms with E-state index in [2.05, 4.69) is 5.32 Å². The van der Waals surface area contributed by atoms with E-state index in [0.29, 0.717) is 12.5 Å². The number of aliphatic hydroxyl groups excluding tert-OH is 1. The molecule has 116 valence electrons. The Morgan fingerprint density at radius 1 is 1.33 bits per heavy atom. The number of hydrogen-bond acceptors (Lipinski definition) is 2. The van der Waals surface area contributed by atoms with Crippen molar-refractivity contribution in [1.82, 2.24) is 5.32 Å². The van der Waals surface area contributed by atoms with Gasteiger partial charge in [0.1, 0.15) is 5.82 Å². The molecule has 1 aromatic rings. The predicted octanol–water partition coefficient (Wildman–Crippen LogP) is 2.74. The van der Waals surface area contributed by atoms with Gasteiger partial charge < -0.3 is 10.4 Å². The molecule has 0 saturated heterocycles. The second-order valence-corrected chi connectivity index (χ2v) is 5.13. The molecule has 21 heavy (non-hydrogen) atoms. The summed E-state index contributed by atoms with van der Waals surface area (Å²) in [4.78, 5) is 11.8. The minimum Gasteiger partial charge on any atom is -0.393 e. The molecule has 1 aliphatic rings. The first-order chi connectivity index (χ1) is 9.80. The zero-order chi connectivity index (χ0) is 15.6. The zero-order valence-corrected chi connectivity index (χ0v) is 11.1. The molecule has 2 unspecified atom stereocenters. The third-order valence-corrected chi connectivity index (χ3v) is 3.69. The lowest BCUT2D eigenvalue weighted by atomic mass is 10.1. The molecule has 1 saturated carbocycles. The molecule has 0 aliphatic heterocycles. The normalized spacial score (nSPS) is 22.3. The van der Waals surface area contributed by atoms with E-state index in [4.69, 9.17) is 0 Å². The van der Waals surface area contributed by atoms with Crippen LogP contribution in [-0.2, 0) is 6.18 Å². The van der Waals surface area contributed by atoms with Gasteiger partial charge in [0.2, 0.25) is 0 Å². The molecule has 0 aromatic heterocycles. The van der Waals surface area contributed by atoms with Gasteiger partial charge in [-0.3, -0.25) is 4.79 Å². The Hall–Kier alpha value is -1.63. The van der Waals surface area contributed by atoms with Gasteiger partial charge in [0, 0.05) is 12.5 Å². The van der Waals surface area contributed by atoms with Crippen molar-refractivity contribution in [3.63, 3.8) is 0 Å². The van der Waals surface area contributed by atoms with Crippen molar-refractivity contribution in [2.75, 3.05) is 6.54 Å². The van der Waals surface area contributed by atoms with Crippen LogP contribution in [0.1, 0.15) is 35.2 Å². The van der Waals surface area contributed by atoms with Gasteiger partial charge in [-0.1, -0.05) is 12.5 Å². The third kappa shape index (κ3) is 3.53. The first-order valence-electron chi connectivity index (χ1n) is 6.62. The maximum absolute atomic E-state index is 13.8. The number of halogens is 4. The Kier molecular flexibility index (Phi) is 4.51. The van der Waals surface area contributed by atoms with Crippen molar-refractivity contribution < 1.29 is 27.5 Å².